The molecule has 3 aromatic carbocycles. The van der Waals surface area contributed by atoms with Gasteiger partial charge < -0.3 is 10.3 Å². The van der Waals surface area contributed by atoms with Gasteiger partial charge in [0.05, 0.1) is 0 Å². The molecular weight excluding hydrogens is 358 g/mol. The number of rotatable bonds is 3. The summed E-state index contributed by atoms with van der Waals surface area (Å²) in [7, 11) is 0. The number of benzene rings is 3. The van der Waals surface area contributed by atoms with Crippen LogP contribution >= 0.6 is 0 Å². The van der Waals surface area contributed by atoms with Crippen LogP contribution in [0, 0.1) is 0 Å². The fraction of sp³-hybridized carbons (Fsp3) is 0.120. The number of hydrogen-bond acceptors (Lipinski definition) is 4. The average molecular weight is 381 g/mol. The lowest BCUT2D eigenvalue weighted by atomic mass is 10.0. The smallest absolute Gasteiger partial charge is 0.222 e. The van der Waals surface area contributed by atoms with Crippen molar-refractivity contribution in [2.75, 3.05) is 5.73 Å². The molecule has 2 N–H and O–H groups in total. The zero-order chi connectivity index (χ0) is 20.1. The summed E-state index contributed by atoms with van der Waals surface area (Å²) in [6.07, 6.45) is 6.00. The highest BCUT2D eigenvalue weighted by Gasteiger charge is 2.04. The van der Waals surface area contributed by atoms with Crippen molar-refractivity contribution < 1.29 is 4.52 Å². The molecule has 4 heteroatoms. The van der Waals surface area contributed by atoms with Gasteiger partial charge in [-0.1, -0.05) is 73.1 Å². The Hall–Kier alpha value is -3.66. The van der Waals surface area contributed by atoms with E-state index in [1.807, 2.05) is 30.5 Å². The summed E-state index contributed by atoms with van der Waals surface area (Å²) in [6.45, 7) is 2.22. The summed E-state index contributed by atoms with van der Waals surface area (Å²) in [4.78, 5) is 4.07. The Balaban J connectivity index is 0.000000145. The lowest BCUT2D eigenvalue weighted by Crippen LogP contribution is -1.82. The molecule has 0 saturated heterocycles. The third kappa shape index (κ3) is 4.43. The molecule has 144 valence electrons. The Labute approximate surface area is 170 Å². The molecule has 2 heterocycles. The molecule has 0 aliphatic rings. The predicted octanol–water partition coefficient (Wildman–Crippen LogP) is 6.26. The molecule has 0 fully saturated rings. The van der Waals surface area contributed by atoms with Crippen molar-refractivity contribution in [2.24, 2.45) is 0 Å². The normalized spacial score (nSPS) is 10.7. The van der Waals surface area contributed by atoms with Crippen LogP contribution in [0.4, 0.5) is 5.88 Å². The van der Waals surface area contributed by atoms with Gasteiger partial charge in [0.15, 0.2) is 0 Å². The number of hydrogen-bond donors (Lipinski definition) is 1. The molecule has 5 aromatic rings. The van der Waals surface area contributed by atoms with Crippen molar-refractivity contribution in [1.82, 2.24) is 10.1 Å². The first-order valence-electron chi connectivity index (χ1n) is 9.77. The van der Waals surface area contributed by atoms with Crippen LogP contribution in [-0.4, -0.2) is 10.1 Å². The van der Waals surface area contributed by atoms with E-state index in [0.29, 0.717) is 5.88 Å². The number of aryl methyl sites for hydroxylation is 1. The molecule has 0 aliphatic carbocycles. The monoisotopic (exact) mass is 381 g/mol. The molecule has 0 radical (unpaired) electrons. The molecule has 0 spiro atoms. The fourth-order valence-electron chi connectivity index (χ4n) is 3.35. The first-order valence-corrected chi connectivity index (χ1v) is 9.77. The quantitative estimate of drug-likeness (QED) is 0.400. The Morgan fingerprint density at radius 3 is 2.41 bits per heavy atom. The molecule has 0 saturated carbocycles. The minimum Gasteiger partial charge on any atom is -0.368 e. The number of anilines is 1. The fourth-order valence-corrected chi connectivity index (χ4v) is 3.35. The van der Waals surface area contributed by atoms with E-state index in [-0.39, 0.29) is 0 Å². The van der Waals surface area contributed by atoms with Gasteiger partial charge in [-0.15, -0.1) is 0 Å². The van der Waals surface area contributed by atoms with E-state index in [0.717, 1.165) is 22.0 Å². The SMILES string of the molecule is CCCc1ccc2ccccc2c1.Nc1cc(-c2ccc3cnccc3c2)no1. The minimum absolute atomic E-state index is 0.324. The zero-order valence-corrected chi connectivity index (χ0v) is 16.4. The van der Waals surface area contributed by atoms with Gasteiger partial charge in [-0.2, -0.15) is 0 Å². The highest BCUT2D eigenvalue weighted by atomic mass is 16.5. The number of nitrogens with zero attached hydrogens (tertiary/aromatic N) is 2. The van der Waals surface area contributed by atoms with Gasteiger partial charge in [0.1, 0.15) is 5.69 Å². The highest BCUT2D eigenvalue weighted by Crippen LogP contribution is 2.24. The standard InChI is InChI=1S/C13H14.C12H9N3O/c1-2-5-11-8-9-12-6-3-4-7-13(12)10-11;13-12-6-11(15-16-12)9-1-2-10-7-14-4-3-8(10)5-9/h3-4,6-10H,2,5H2,1H3;1-7H,13H2. The Bertz CT molecular complexity index is 1240. The molecule has 0 aliphatic heterocycles. The van der Waals surface area contributed by atoms with E-state index >= 15 is 0 Å². The van der Waals surface area contributed by atoms with E-state index in [1.165, 1.54) is 29.2 Å². The molecule has 5 rings (SSSR count). The molecule has 0 bridgehead atoms. The largest absolute Gasteiger partial charge is 0.368 e. The second-order valence-corrected chi connectivity index (χ2v) is 6.98. The maximum atomic E-state index is 5.49. The first-order chi connectivity index (χ1) is 14.2. The zero-order valence-electron chi connectivity index (χ0n) is 16.4. The topological polar surface area (TPSA) is 64.9 Å². The van der Waals surface area contributed by atoms with E-state index in [9.17, 15) is 0 Å². The summed E-state index contributed by atoms with van der Waals surface area (Å²) in [5.41, 5.74) is 8.67. The van der Waals surface area contributed by atoms with Crippen molar-refractivity contribution in [1.29, 1.82) is 0 Å². The van der Waals surface area contributed by atoms with Crippen LogP contribution in [0.1, 0.15) is 18.9 Å². The van der Waals surface area contributed by atoms with E-state index in [2.05, 4.69) is 59.5 Å². The lowest BCUT2D eigenvalue weighted by Gasteiger charge is -2.01. The summed E-state index contributed by atoms with van der Waals surface area (Å²) in [6, 6.07) is 24.9. The third-order valence-corrected chi connectivity index (χ3v) is 4.82. The molecule has 0 amide bonds. The highest BCUT2D eigenvalue weighted by molar-refractivity contribution is 5.86. The van der Waals surface area contributed by atoms with Crippen molar-refractivity contribution in [3.05, 3.63) is 90.8 Å². The van der Waals surface area contributed by atoms with Crippen molar-refractivity contribution >= 4 is 27.4 Å². The summed E-state index contributed by atoms with van der Waals surface area (Å²) >= 11 is 0. The Kier molecular flexibility index (Phi) is 5.52. The number of nitrogen functional groups attached to an aromatic ring is 1. The van der Waals surface area contributed by atoms with Gasteiger partial charge >= 0.3 is 0 Å². The minimum atomic E-state index is 0.324. The maximum absolute atomic E-state index is 5.49. The molecule has 0 atom stereocenters. The summed E-state index contributed by atoms with van der Waals surface area (Å²) < 4.78 is 4.85. The van der Waals surface area contributed by atoms with Crippen LogP contribution in [-0.2, 0) is 6.42 Å². The van der Waals surface area contributed by atoms with Gasteiger partial charge in [0.2, 0.25) is 5.88 Å². The van der Waals surface area contributed by atoms with Crippen molar-refractivity contribution in [3.63, 3.8) is 0 Å². The number of fused-ring (bicyclic) bond motifs is 2. The molecule has 4 nitrogen and oxygen atoms in total. The first kappa shape index (κ1) is 18.7. The van der Waals surface area contributed by atoms with Gasteiger partial charge in [0, 0.05) is 29.4 Å². The second-order valence-electron chi connectivity index (χ2n) is 6.98. The lowest BCUT2D eigenvalue weighted by molar-refractivity contribution is 0.439. The third-order valence-electron chi connectivity index (χ3n) is 4.82. The van der Waals surface area contributed by atoms with Gasteiger partial charge in [-0.05, 0) is 40.3 Å². The number of aromatic nitrogens is 2. The molecule has 0 unspecified atom stereocenters. The number of nitrogens with two attached hydrogens (primary N) is 1. The van der Waals surface area contributed by atoms with Gasteiger partial charge in [0.25, 0.3) is 0 Å². The Morgan fingerprint density at radius 2 is 1.62 bits per heavy atom. The molecule has 2 aromatic heterocycles. The summed E-state index contributed by atoms with van der Waals surface area (Å²) in [5, 5.41) is 8.79. The van der Waals surface area contributed by atoms with E-state index in [4.69, 9.17) is 10.3 Å². The molecular formula is C25H23N3O. The van der Waals surface area contributed by atoms with Gasteiger partial charge in [-0.25, -0.2) is 0 Å². The van der Waals surface area contributed by atoms with Crippen LogP contribution in [0.15, 0.2) is 89.7 Å². The Morgan fingerprint density at radius 1 is 0.828 bits per heavy atom. The van der Waals surface area contributed by atoms with Crippen LogP contribution in [0.25, 0.3) is 32.8 Å². The van der Waals surface area contributed by atoms with E-state index in [1.54, 1.807) is 12.3 Å². The van der Waals surface area contributed by atoms with Crippen LogP contribution < -0.4 is 5.73 Å². The second kappa shape index (κ2) is 8.57. The van der Waals surface area contributed by atoms with Gasteiger partial charge in [-0.3, -0.25) is 4.98 Å². The summed E-state index contributed by atoms with van der Waals surface area (Å²) in [5.74, 6) is 0.324. The molecule has 29 heavy (non-hydrogen) atoms. The predicted molar refractivity (Wildman–Crippen MR) is 120 cm³/mol. The average Bonchev–Trinajstić information content (AvgIpc) is 3.20. The van der Waals surface area contributed by atoms with Crippen molar-refractivity contribution in [2.45, 2.75) is 19.8 Å². The number of pyridine rings is 1. The maximum Gasteiger partial charge on any atom is 0.222 e. The van der Waals surface area contributed by atoms with Crippen LogP contribution in [0.5, 0.6) is 0 Å². The van der Waals surface area contributed by atoms with Crippen LogP contribution in [0.2, 0.25) is 0 Å². The van der Waals surface area contributed by atoms with Crippen LogP contribution in [0.3, 0.4) is 0 Å². The van der Waals surface area contributed by atoms with E-state index < -0.39 is 0 Å². The van der Waals surface area contributed by atoms with Crippen molar-refractivity contribution in [3.8, 4) is 11.3 Å².